The van der Waals surface area contributed by atoms with E-state index in [2.05, 4.69) is 18.8 Å². The largest absolute Gasteiger partial charge is 0.462 e. The number of aliphatic hydroxyl groups excluding tert-OH is 1. The van der Waals surface area contributed by atoms with Crippen LogP contribution in [0, 0.1) is 23.2 Å². The van der Waals surface area contributed by atoms with Crippen molar-refractivity contribution < 1.29 is 14.6 Å². The van der Waals surface area contributed by atoms with E-state index in [0.717, 1.165) is 25.7 Å². The van der Waals surface area contributed by atoms with E-state index in [1.165, 1.54) is 12.6 Å². The molecule has 1 aromatic rings. The number of aromatic nitrogens is 1. The Kier molecular flexibility index (Phi) is 4.72. The molecule has 0 bridgehead atoms. The SMILES string of the molecule is C[C@H](COC(=O)c1cccnc1)[C@H]1CC[C@H]2[C@@H](O)CCC[C@]12C. The van der Waals surface area contributed by atoms with Crippen LogP contribution in [0.2, 0.25) is 0 Å². The molecule has 0 amide bonds. The molecule has 0 aromatic carbocycles. The van der Waals surface area contributed by atoms with Crippen LogP contribution in [0.25, 0.3) is 0 Å². The lowest BCUT2D eigenvalue weighted by molar-refractivity contribution is -0.0347. The van der Waals surface area contributed by atoms with E-state index < -0.39 is 0 Å². The van der Waals surface area contributed by atoms with E-state index in [0.29, 0.717) is 29.9 Å². The zero-order valence-corrected chi connectivity index (χ0v) is 14.1. The van der Waals surface area contributed by atoms with Crippen molar-refractivity contribution in [2.75, 3.05) is 6.61 Å². The third-order valence-electron chi connectivity index (χ3n) is 6.22. The van der Waals surface area contributed by atoms with E-state index in [4.69, 9.17) is 4.74 Å². The number of fused-ring (bicyclic) bond motifs is 1. The van der Waals surface area contributed by atoms with E-state index >= 15 is 0 Å². The van der Waals surface area contributed by atoms with E-state index in [1.54, 1.807) is 18.3 Å². The van der Waals surface area contributed by atoms with Crippen LogP contribution in [0.5, 0.6) is 0 Å². The molecule has 2 saturated carbocycles. The number of nitrogens with zero attached hydrogens (tertiary/aromatic N) is 1. The summed E-state index contributed by atoms with van der Waals surface area (Å²) in [6.07, 6.45) is 8.49. The third-order valence-corrected chi connectivity index (χ3v) is 6.22. The fraction of sp³-hybridized carbons (Fsp3) is 0.684. The quantitative estimate of drug-likeness (QED) is 0.864. The number of hydrogen-bond acceptors (Lipinski definition) is 4. The summed E-state index contributed by atoms with van der Waals surface area (Å²) >= 11 is 0. The lowest BCUT2D eigenvalue weighted by Crippen LogP contribution is -2.42. The van der Waals surface area contributed by atoms with Gasteiger partial charge in [-0.3, -0.25) is 4.98 Å². The second kappa shape index (κ2) is 6.60. The van der Waals surface area contributed by atoms with Crippen LogP contribution >= 0.6 is 0 Å². The van der Waals surface area contributed by atoms with Crippen LogP contribution < -0.4 is 0 Å². The molecule has 2 fully saturated rings. The molecule has 126 valence electrons. The summed E-state index contributed by atoms with van der Waals surface area (Å²) in [6.45, 7) is 4.95. The minimum absolute atomic E-state index is 0.149. The van der Waals surface area contributed by atoms with Gasteiger partial charge in [0.2, 0.25) is 0 Å². The summed E-state index contributed by atoms with van der Waals surface area (Å²) in [5, 5.41) is 10.3. The molecule has 0 unspecified atom stereocenters. The van der Waals surface area contributed by atoms with Crippen molar-refractivity contribution in [3.05, 3.63) is 30.1 Å². The Morgan fingerprint density at radius 2 is 2.30 bits per heavy atom. The van der Waals surface area contributed by atoms with Crippen molar-refractivity contribution in [3.63, 3.8) is 0 Å². The Hall–Kier alpha value is -1.42. The molecule has 0 spiro atoms. The fourth-order valence-corrected chi connectivity index (χ4v) is 5.01. The van der Waals surface area contributed by atoms with Crippen LogP contribution in [-0.4, -0.2) is 28.8 Å². The first-order chi connectivity index (χ1) is 11.0. The summed E-state index contributed by atoms with van der Waals surface area (Å²) in [7, 11) is 0. The molecule has 4 heteroatoms. The topological polar surface area (TPSA) is 59.4 Å². The normalized spacial score (nSPS) is 34.7. The Bertz CT molecular complexity index is 547. The highest BCUT2D eigenvalue weighted by Crippen LogP contribution is 2.57. The van der Waals surface area contributed by atoms with Gasteiger partial charge in [-0.1, -0.05) is 20.3 Å². The molecule has 2 aliphatic rings. The lowest BCUT2D eigenvalue weighted by atomic mass is 9.62. The molecular formula is C19H27NO3. The molecule has 5 atom stereocenters. The highest BCUT2D eigenvalue weighted by atomic mass is 16.5. The van der Waals surface area contributed by atoms with E-state index in [1.807, 2.05) is 0 Å². The number of hydrogen-bond donors (Lipinski definition) is 1. The number of pyridine rings is 1. The van der Waals surface area contributed by atoms with Crippen molar-refractivity contribution in [3.8, 4) is 0 Å². The predicted octanol–water partition coefficient (Wildman–Crippen LogP) is 3.45. The molecule has 1 heterocycles. The summed E-state index contributed by atoms with van der Waals surface area (Å²) in [5.41, 5.74) is 0.695. The van der Waals surface area contributed by atoms with Gasteiger partial charge in [0, 0.05) is 12.4 Å². The monoisotopic (exact) mass is 317 g/mol. The van der Waals surface area contributed by atoms with Crippen LogP contribution in [0.4, 0.5) is 0 Å². The van der Waals surface area contributed by atoms with Crippen LogP contribution in [0.1, 0.15) is 56.3 Å². The summed E-state index contributed by atoms with van der Waals surface area (Å²) in [4.78, 5) is 16.0. The fourth-order valence-electron chi connectivity index (χ4n) is 5.01. The number of aliphatic hydroxyl groups is 1. The Labute approximate surface area is 138 Å². The number of carbonyl (C=O) groups excluding carboxylic acids is 1. The van der Waals surface area contributed by atoms with Crippen molar-refractivity contribution in [2.24, 2.45) is 23.2 Å². The van der Waals surface area contributed by atoms with Gasteiger partial charge < -0.3 is 9.84 Å². The minimum Gasteiger partial charge on any atom is -0.462 e. The molecule has 0 aliphatic heterocycles. The second-order valence-corrected chi connectivity index (χ2v) is 7.57. The maximum absolute atomic E-state index is 12.1. The van der Waals surface area contributed by atoms with Crippen molar-refractivity contribution in [2.45, 2.75) is 52.1 Å². The van der Waals surface area contributed by atoms with Gasteiger partial charge in [-0.15, -0.1) is 0 Å². The van der Waals surface area contributed by atoms with Gasteiger partial charge in [0.1, 0.15) is 0 Å². The van der Waals surface area contributed by atoms with Crippen LogP contribution in [0.3, 0.4) is 0 Å². The lowest BCUT2D eigenvalue weighted by Gasteiger charge is -2.45. The second-order valence-electron chi connectivity index (χ2n) is 7.57. The van der Waals surface area contributed by atoms with Gasteiger partial charge >= 0.3 is 5.97 Å². The number of esters is 1. The predicted molar refractivity (Wildman–Crippen MR) is 87.9 cm³/mol. The number of carbonyl (C=O) groups is 1. The summed E-state index contributed by atoms with van der Waals surface area (Å²) in [5.74, 6) is 0.950. The van der Waals surface area contributed by atoms with Crippen molar-refractivity contribution in [1.29, 1.82) is 0 Å². The van der Waals surface area contributed by atoms with Gasteiger partial charge in [-0.2, -0.15) is 0 Å². The Balaban J connectivity index is 1.60. The minimum atomic E-state index is -0.298. The van der Waals surface area contributed by atoms with Crippen molar-refractivity contribution >= 4 is 5.97 Å². The van der Waals surface area contributed by atoms with E-state index in [-0.39, 0.29) is 17.5 Å². The smallest absolute Gasteiger partial charge is 0.339 e. The standard InChI is InChI=1S/C19H27NO3/c1-13(12-23-18(22)14-5-4-10-20-11-14)15-7-8-16-17(21)6-3-9-19(15,16)2/h4-5,10-11,13,15-17,21H,3,6-9,12H2,1-2H3/t13-,15-,16+,17+,19-/m1/s1. The highest BCUT2D eigenvalue weighted by Gasteiger charge is 2.52. The summed E-state index contributed by atoms with van der Waals surface area (Å²) in [6, 6.07) is 3.47. The van der Waals surface area contributed by atoms with Gasteiger partial charge in [0.25, 0.3) is 0 Å². The molecular weight excluding hydrogens is 290 g/mol. The molecule has 3 rings (SSSR count). The molecule has 1 N–H and O–H groups in total. The number of ether oxygens (including phenoxy) is 1. The summed E-state index contributed by atoms with van der Waals surface area (Å²) < 4.78 is 5.51. The third kappa shape index (κ3) is 3.14. The van der Waals surface area contributed by atoms with Crippen LogP contribution in [-0.2, 0) is 4.74 Å². The average Bonchev–Trinajstić information content (AvgIpc) is 2.91. The molecule has 4 nitrogen and oxygen atoms in total. The first-order valence-electron chi connectivity index (χ1n) is 8.77. The molecule has 2 aliphatic carbocycles. The van der Waals surface area contributed by atoms with Crippen molar-refractivity contribution in [1.82, 2.24) is 4.98 Å². The first-order valence-corrected chi connectivity index (χ1v) is 8.77. The molecule has 23 heavy (non-hydrogen) atoms. The highest BCUT2D eigenvalue weighted by molar-refractivity contribution is 5.88. The zero-order chi connectivity index (χ0) is 16.4. The zero-order valence-electron chi connectivity index (χ0n) is 14.1. The van der Waals surface area contributed by atoms with Crippen LogP contribution in [0.15, 0.2) is 24.5 Å². The number of rotatable bonds is 4. The van der Waals surface area contributed by atoms with Gasteiger partial charge in [0.15, 0.2) is 0 Å². The van der Waals surface area contributed by atoms with Gasteiger partial charge in [-0.25, -0.2) is 4.79 Å². The molecule has 0 saturated heterocycles. The Morgan fingerprint density at radius 3 is 3.04 bits per heavy atom. The Morgan fingerprint density at radius 1 is 1.48 bits per heavy atom. The van der Waals surface area contributed by atoms with Gasteiger partial charge in [-0.05, 0) is 61.0 Å². The molecule has 1 aromatic heterocycles. The van der Waals surface area contributed by atoms with E-state index in [9.17, 15) is 9.90 Å². The van der Waals surface area contributed by atoms with Gasteiger partial charge in [0.05, 0.1) is 18.3 Å². The maximum Gasteiger partial charge on any atom is 0.339 e. The average molecular weight is 317 g/mol. The molecule has 0 radical (unpaired) electrons. The maximum atomic E-state index is 12.1. The first kappa shape index (κ1) is 16.4.